The van der Waals surface area contributed by atoms with Crippen molar-refractivity contribution in [1.29, 1.82) is 5.26 Å². The van der Waals surface area contributed by atoms with Crippen molar-refractivity contribution in [3.8, 4) is 6.07 Å². The van der Waals surface area contributed by atoms with Gasteiger partial charge in [0.25, 0.3) is 11.8 Å². The zero-order chi connectivity index (χ0) is 18.5. The molecule has 3 aromatic rings. The molecule has 0 saturated carbocycles. The predicted octanol–water partition coefficient (Wildman–Crippen LogP) is 3.84. The van der Waals surface area contributed by atoms with Crippen LogP contribution in [0.2, 0.25) is 0 Å². The number of hydrogen-bond donors (Lipinski definition) is 1. The van der Waals surface area contributed by atoms with E-state index in [2.05, 4.69) is 0 Å². The Hall–Kier alpha value is -3.78. The third-order valence-electron chi connectivity index (χ3n) is 3.83. The van der Waals surface area contributed by atoms with Crippen molar-refractivity contribution in [1.82, 2.24) is 5.32 Å². The second-order valence-electron chi connectivity index (χ2n) is 5.50. The van der Waals surface area contributed by atoms with Gasteiger partial charge in [0.05, 0.1) is 5.56 Å². The number of benzene rings is 3. The SMILES string of the molecule is N#C/C(=C\c1cccc2ccccc12)C(=O)NC(=O)c1ccccc1F. The summed E-state index contributed by atoms with van der Waals surface area (Å²) in [4.78, 5) is 24.3. The number of amides is 2. The van der Waals surface area contributed by atoms with Crippen LogP contribution in [0, 0.1) is 17.1 Å². The largest absolute Gasteiger partial charge is 0.287 e. The van der Waals surface area contributed by atoms with Gasteiger partial charge in [-0.15, -0.1) is 0 Å². The number of nitriles is 1. The summed E-state index contributed by atoms with van der Waals surface area (Å²) in [6, 6.07) is 20.1. The van der Waals surface area contributed by atoms with Crippen molar-refractivity contribution in [3.05, 3.63) is 89.2 Å². The Morgan fingerprint density at radius 2 is 1.65 bits per heavy atom. The zero-order valence-corrected chi connectivity index (χ0v) is 13.6. The number of imide groups is 1. The Labute approximate surface area is 149 Å². The number of hydrogen-bond acceptors (Lipinski definition) is 3. The summed E-state index contributed by atoms with van der Waals surface area (Å²) in [5.74, 6) is -2.52. The lowest BCUT2D eigenvalue weighted by atomic mass is 10.0. The molecule has 0 atom stereocenters. The van der Waals surface area contributed by atoms with Crippen LogP contribution < -0.4 is 5.32 Å². The maximum absolute atomic E-state index is 13.6. The molecule has 0 unspecified atom stereocenters. The Morgan fingerprint density at radius 1 is 0.962 bits per heavy atom. The maximum Gasteiger partial charge on any atom is 0.268 e. The molecule has 26 heavy (non-hydrogen) atoms. The fraction of sp³-hybridized carbons (Fsp3) is 0. The topological polar surface area (TPSA) is 70.0 Å². The number of carbonyl (C=O) groups is 2. The fourth-order valence-electron chi connectivity index (χ4n) is 2.56. The van der Waals surface area contributed by atoms with Crippen molar-refractivity contribution in [2.24, 2.45) is 0 Å². The number of halogens is 1. The number of rotatable bonds is 3. The van der Waals surface area contributed by atoms with Gasteiger partial charge in [-0.25, -0.2) is 4.39 Å². The van der Waals surface area contributed by atoms with Crippen LogP contribution in [0.1, 0.15) is 15.9 Å². The molecule has 3 rings (SSSR count). The van der Waals surface area contributed by atoms with Crippen LogP contribution in [0.25, 0.3) is 16.8 Å². The average Bonchev–Trinajstić information content (AvgIpc) is 2.66. The summed E-state index contributed by atoms with van der Waals surface area (Å²) in [6.45, 7) is 0. The van der Waals surface area contributed by atoms with E-state index in [1.54, 1.807) is 12.1 Å². The van der Waals surface area contributed by atoms with Gasteiger partial charge in [0.1, 0.15) is 17.5 Å². The monoisotopic (exact) mass is 344 g/mol. The van der Waals surface area contributed by atoms with Gasteiger partial charge in [0.15, 0.2) is 0 Å². The number of nitrogens with zero attached hydrogens (tertiary/aromatic N) is 1. The van der Waals surface area contributed by atoms with Gasteiger partial charge in [-0.1, -0.05) is 54.6 Å². The summed E-state index contributed by atoms with van der Waals surface area (Å²) in [7, 11) is 0. The zero-order valence-electron chi connectivity index (χ0n) is 13.6. The highest BCUT2D eigenvalue weighted by atomic mass is 19.1. The predicted molar refractivity (Wildman–Crippen MR) is 96.4 cm³/mol. The highest BCUT2D eigenvalue weighted by Gasteiger charge is 2.17. The van der Waals surface area contributed by atoms with Crippen LogP contribution in [0.15, 0.2) is 72.3 Å². The first-order valence-electron chi connectivity index (χ1n) is 7.80. The van der Waals surface area contributed by atoms with E-state index < -0.39 is 17.6 Å². The Bertz CT molecular complexity index is 1080. The molecule has 0 heterocycles. The molecule has 0 aliphatic carbocycles. The molecular formula is C21H13FN2O2. The summed E-state index contributed by atoms with van der Waals surface area (Å²) >= 11 is 0. The van der Waals surface area contributed by atoms with Crippen LogP contribution in [0.3, 0.4) is 0 Å². The first kappa shape index (κ1) is 17.1. The molecule has 3 aromatic carbocycles. The Morgan fingerprint density at radius 3 is 2.42 bits per heavy atom. The second-order valence-corrected chi connectivity index (χ2v) is 5.50. The fourth-order valence-corrected chi connectivity index (χ4v) is 2.56. The average molecular weight is 344 g/mol. The van der Waals surface area contributed by atoms with E-state index in [-0.39, 0.29) is 11.1 Å². The van der Waals surface area contributed by atoms with Gasteiger partial charge in [0.2, 0.25) is 0 Å². The molecule has 0 aliphatic rings. The number of carbonyl (C=O) groups excluding carboxylic acids is 2. The maximum atomic E-state index is 13.6. The van der Waals surface area contributed by atoms with Gasteiger partial charge in [-0.3, -0.25) is 14.9 Å². The van der Waals surface area contributed by atoms with Crippen molar-refractivity contribution in [2.75, 3.05) is 0 Å². The van der Waals surface area contributed by atoms with Crippen molar-refractivity contribution in [3.63, 3.8) is 0 Å². The highest BCUT2D eigenvalue weighted by Crippen LogP contribution is 2.21. The first-order chi connectivity index (χ1) is 12.6. The number of fused-ring (bicyclic) bond motifs is 1. The van der Waals surface area contributed by atoms with Crippen molar-refractivity contribution < 1.29 is 14.0 Å². The van der Waals surface area contributed by atoms with Crippen LogP contribution >= 0.6 is 0 Å². The summed E-state index contributed by atoms with van der Waals surface area (Å²) in [5, 5.41) is 13.2. The quantitative estimate of drug-likeness (QED) is 0.580. The standard InChI is InChI=1S/C21H13FN2O2/c22-19-11-4-3-10-18(19)21(26)24-20(25)16(13-23)12-15-8-5-7-14-6-1-2-9-17(14)15/h1-12H,(H,24,25,26)/b16-12+. The van der Waals surface area contributed by atoms with Gasteiger partial charge in [-0.05, 0) is 34.5 Å². The minimum Gasteiger partial charge on any atom is -0.287 e. The molecule has 4 nitrogen and oxygen atoms in total. The lowest BCUT2D eigenvalue weighted by molar-refractivity contribution is -0.116. The summed E-state index contributed by atoms with van der Waals surface area (Å²) < 4.78 is 13.6. The molecule has 0 fully saturated rings. The van der Waals surface area contributed by atoms with Gasteiger partial charge in [0, 0.05) is 0 Å². The van der Waals surface area contributed by atoms with Crippen LogP contribution in [-0.2, 0) is 4.79 Å². The van der Waals surface area contributed by atoms with Crippen molar-refractivity contribution in [2.45, 2.75) is 0 Å². The molecule has 1 N–H and O–H groups in total. The molecule has 0 bridgehead atoms. The first-order valence-corrected chi connectivity index (χ1v) is 7.80. The molecular weight excluding hydrogens is 331 g/mol. The molecule has 0 aliphatic heterocycles. The molecule has 0 radical (unpaired) electrons. The van der Waals surface area contributed by atoms with Crippen LogP contribution in [0.5, 0.6) is 0 Å². The third kappa shape index (κ3) is 3.50. The molecule has 2 amide bonds. The molecule has 0 saturated heterocycles. The van der Waals surface area contributed by atoms with E-state index in [0.717, 1.165) is 16.8 Å². The smallest absolute Gasteiger partial charge is 0.268 e. The third-order valence-corrected chi connectivity index (χ3v) is 3.83. The summed E-state index contributed by atoms with van der Waals surface area (Å²) in [5.41, 5.74) is 0.169. The van der Waals surface area contributed by atoms with E-state index in [4.69, 9.17) is 0 Å². The minimum atomic E-state index is -0.896. The van der Waals surface area contributed by atoms with Crippen molar-refractivity contribution >= 4 is 28.7 Å². The molecule has 5 heteroatoms. The lowest BCUT2D eigenvalue weighted by Crippen LogP contribution is -2.31. The van der Waals surface area contributed by atoms with E-state index >= 15 is 0 Å². The lowest BCUT2D eigenvalue weighted by Gasteiger charge is -2.05. The van der Waals surface area contributed by atoms with Gasteiger partial charge >= 0.3 is 0 Å². The van der Waals surface area contributed by atoms with E-state index in [1.165, 1.54) is 24.3 Å². The Balaban J connectivity index is 1.90. The van der Waals surface area contributed by atoms with E-state index in [0.29, 0.717) is 5.56 Å². The Kier molecular flexibility index (Phi) is 4.86. The van der Waals surface area contributed by atoms with E-state index in [1.807, 2.05) is 41.7 Å². The molecule has 126 valence electrons. The van der Waals surface area contributed by atoms with Gasteiger partial charge in [-0.2, -0.15) is 5.26 Å². The highest BCUT2D eigenvalue weighted by molar-refractivity contribution is 6.14. The normalized spacial score (nSPS) is 11.0. The summed E-state index contributed by atoms with van der Waals surface area (Å²) in [6.07, 6.45) is 1.41. The minimum absolute atomic E-state index is 0.244. The van der Waals surface area contributed by atoms with E-state index in [9.17, 15) is 19.2 Å². The van der Waals surface area contributed by atoms with Crippen LogP contribution in [0.4, 0.5) is 4.39 Å². The van der Waals surface area contributed by atoms with Crippen LogP contribution in [-0.4, -0.2) is 11.8 Å². The molecule has 0 spiro atoms. The molecule has 0 aromatic heterocycles. The van der Waals surface area contributed by atoms with Gasteiger partial charge < -0.3 is 0 Å². The second kappa shape index (κ2) is 7.41. The number of nitrogens with one attached hydrogen (secondary N) is 1.